The molecule has 1 aromatic rings. The number of alkyl halides is 3. The Bertz CT molecular complexity index is 422. The number of nitrogens with zero attached hydrogens (tertiary/aromatic N) is 1. The molecule has 1 N–H and O–H groups in total. The molecular formula is C11H10F3NO2. The Morgan fingerprint density at radius 3 is 2.18 bits per heavy atom. The van der Waals surface area contributed by atoms with Crippen LogP contribution in [0, 0.1) is 11.3 Å². The molecule has 0 aliphatic rings. The second-order valence-corrected chi connectivity index (χ2v) is 3.40. The first kappa shape index (κ1) is 13.3. The van der Waals surface area contributed by atoms with Gasteiger partial charge in [0.1, 0.15) is 11.8 Å². The number of ether oxygens (including phenoxy) is 1. The highest BCUT2D eigenvalue weighted by molar-refractivity contribution is 5.34. The van der Waals surface area contributed by atoms with E-state index in [1.807, 2.05) is 0 Å². The van der Waals surface area contributed by atoms with Crippen molar-refractivity contribution < 1.29 is 23.0 Å². The summed E-state index contributed by atoms with van der Waals surface area (Å²) in [5, 5.41) is 18.6. The standard InChI is InChI=1S/C11H10F3NO2/c1-2-10(16,7-15)8-3-5-9(6-4-8)17-11(12,13)14/h3-6,16H,2H2,1H3. The van der Waals surface area contributed by atoms with E-state index in [-0.39, 0.29) is 12.0 Å². The van der Waals surface area contributed by atoms with Crippen molar-refractivity contribution in [3.05, 3.63) is 29.8 Å². The lowest BCUT2D eigenvalue weighted by Crippen LogP contribution is -2.22. The zero-order valence-corrected chi connectivity index (χ0v) is 8.95. The van der Waals surface area contributed by atoms with Gasteiger partial charge >= 0.3 is 6.36 Å². The lowest BCUT2D eigenvalue weighted by atomic mass is 9.93. The lowest BCUT2D eigenvalue weighted by Gasteiger charge is -2.18. The smallest absolute Gasteiger partial charge is 0.406 e. The first-order chi connectivity index (χ1) is 7.80. The Morgan fingerprint density at radius 2 is 1.82 bits per heavy atom. The third-order valence-electron chi connectivity index (χ3n) is 2.26. The molecule has 1 aromatic carbocycles. The van der Waals surface area contributed by atoms with Gasteiger partial charge in [-0.15, -0.1) is 13.2 Å². The molecule has 0 saturated carbocycles. The molecule has 0 amide bonds. The van der Waals surface area contributed by atoms with Crippen LogP contribution in [0.2, 0.25) is 0 Å². The maximum absolute atomic E-state index is 11.9. The molecule has 0 aromatic heterocycles. The van der Waals surface area contributed by atoms with E-state index in [2.05, 4.69) is 4.74 Å². The molecule has 0 radical (unpaired) electrons. The molecule has 0 fully saturated rings. The van der Waals surface area contributed by atoms with Crippen LogP contribution in [0.5, 0.6) is 5.75 Å². The first-order valence-corrected chi connectivity index (χ1v) is 4.80. The highest BCUT2D eigenvalue weighted by atomic mass is 19.4. The fourth-order valence-corrected chi connectivity index (χ4v) is 1.28. The highest BCUT2D eigenvalue weighted by Crippen LogP contribution is 2.28. The molecule has 0 heterocycles. The van der Waals surface area contributed by atoms with Gasteiger partial charge in [0.2, 0.25) is 0 Å². The number of hydrogen-bond donors (Lipinski definition) is 1. The molecule has 0 spiro atoms. The van der Waals surface area contributed by atoms with Crippen LogP contribution in [-0.2, 0) is 5.60 Å². The van der Waals surface area contributed by atoms with Gasteiger partial charge in [-0.3, -0.25) is 0 Å². The lowest BCUT2D eigenvalue weighted by molar-refractivity contribution is -0.274. The van der Waals surface area contributed by atoms with Crippen molar-refractivity contribution in [2.24, 2.45) is 0 Å². The summed E-state index contributed by atoms with van der Waals surface area (Å²) >= 11 is 0. The third kappa shape index (κ3) is 3.36. The van der Waals surface area contributed by atoms with Crippen molar-refractivity contribution in [1.29, 1.82) is 5.26 Å². The summed E-state index contributed by atoms with van der Waals surface area (Å²) in [5.41, 5.74) is -1.45. The predicted molar refractivity (Wildman–Crippen MR) is 52.9 cm³/mol. The van der Waals surface area contributed by atoms with Gasteiger partial charge in [0.15, 0.2) is 5.60 Å². The minimum absolute atomic E-state index is 0.142. The normalized spacial score (nSPS) is 14.8. The van der Waals surface area contributed by atoms with Crippen molar-refractivity contribution in [2.75, 3.05) is 0 Å². The van der Waals surface area contributed by atoms with Crippen LogP contribution in [0.25, 0.3) is 0 Å². The van der Waals surface area contributed by atoms with Crippen molar-refractivity contribution in [1.82, 2.24) is 0 Å². The Labute approximate surface area is 96.1 Å². The number of rotatable bonds is 3. The largest absolute Gasteiger partial charge is 0.573 e. The number of halogens is 3. The minimum atomic E-state index is -4.75. The SMILES string of the molecule is CCC(O)(C#N)c1ccc(OC(F)(F)F)cc1. The van der Waals surface area contributed by atoms with Crippen LogP contribution < -0.4 is 4.74 Å². The molecule has 92 valence electrons. The van der Waals surface area contributed by atoms with E-state index in [9.17, 15) is 18.3 Å². The zero-order valence-electron chi connectivity index (χ0n) is 8.95. The molecule has 6 heteroatoms. The van der Waals surface area contributed by atoms with E-state index >= 15 is 0 Å². The Morgan fingerprint density at radius 1 is 1.29 bits per heavy atom. The summed E-state index contributed by atoms with van der Waals surface area (Å²) in [5.74, 6) is -0.391. The van der Waals surface area contributed by atoms with Gasteiger partial charge in [-0.1, -0.05) is 19.1 Å². The molecule has 0 bridgehead atoms. The van der Waals surface area contributed by atoms with E-state index in [0.29, 0.717) is 0 Å². The minimum Gasteiger partial charge on any atom is -0.406 e. The van der Waals surface area contributed by atoms with Gasteiger partial charge in [0.05, 0.1) is 0 Å². The van der Waals surface area contributed by atoms with Crippen molar-refractivity contribution in [2.45, 2.75) is 25.3 Å². The summed E-state index contributed by atoms with van der Waals surface area (Å²) in [6, 6.07) is 6.28. The first-order valence-electron chi connectivity index (χ1n) is 4.80. The number of benzene rings is 1. The summed E-state index contributed by atoms with van der Waals surface area (Å²) < 4.78 is 39.3. The summed E-state index contributed by atoms with van der Waals surface area (Å²) in [4.78, 5) is 0. The van der Waals surface area contributed by atoms with Crippen LogP contribution >= 0.6 is 0 Å². The van der Waals surface area contributed by atoms with Gasteiger partial charge in [0, 0.05) is 0 Å². The van der Waals surface area contributed by atoms with Gasteiger partial charge in [0.25, 0.3) is 0 Å². The van der Waals surface area contributed by atoms with E-state index in [0.717, 1.165) is 12.1 Å². The van der Waals surface area contributed by atoms with E-state index in [4.69, 9.17) is 5.26 Å². The van der Waals surface area contributed by atoms with Gasteiger partial charge in [-0.25, -0.2) is 0 Å². The number of hydrogen-bond acceptors (Lipinski definition) is 3. The Balaban J connectivity index is 2.93. The highest BCUT2D eigenvalue weighted by Gasteiger charge is 2.31. The fraction of sp³-hybridized carbons (Fsp3) is 0.364. The second kappa shape index (κ2) is 4.63. The van der Waals surface area contributed by atoms with Gasteiger partial charge in [-0.2, -0.15) is 5.26 Å². The van der Waals surface area contributed by atoms with Crippen LogP contribution in [0.3, 0.4) is 0 Å². The molecule has 0 saturated heterocycles. The van der Waals surface area contributed by atoms with Crippen molar-refractivity contribution in [3.63, 3.8) is 0 Å². The summed E-state index contributed by atoms with van der Waals surface area (Å²) in [6.07, 6.45) is -4.61. The molecule has 1 unspecified atom stereocenters. The van der Waals surface area contributed by atoms with Crippen LogP contribution in [0.1, 0.15) is 18.9 Å². The molecule has 1 atom stereocenters. The maximum Gasteiger partial charge on any atom is 0.573 e. The average molecular weight is 245 g/mol. The van der Waals surface area contributed by atoms with Crippen molar-refractivity contribution in [3.8, 4) is 11.8 Å². The fourth-order valence-electron chi connectivity index (χ4n) is 1.28. The number of nitriles is 1. The quantitative estimate of drug-likeness (QED) is 0.833. The average Bonchev–Trinajstić information content (AvgIpc) is 2.27. The van der Waals surface area contributed by atoms with Crippen molar-refractivity contribution >= 4 is 0 Å². The maximum atomic E-state index is 11.9. The van der Waals surface area contributed by atoms with E-state index < -0.39 is 17.7 Å². The van der Waals surface area contributed by atoms with Gasteiger partial charge in [-0.05, 0) is 24.1 Å². The van der Waals surface area contributed by atoms with Crippen LogP contribution in [0.15, 0.2) is 24.3 Å². The van der Waals surface area contributed by atoms with Gasteiger partial charge < -0.3 is 9.84 Å². The van der Waals surface area contributed by atoms with E-state index in [1.54, 1.807) is 13.0 Å². The Kier molecular flexibility index (Phi) is 3.63. The van der Waals surface area contributed by atoms with E-state index in [1.165, 1.54) is 12.1 Å². The molecule has 17 heavy (non-hydrogen) atoms. The monoisotopic (exact) mass is 245 g/mol. The number of aliphatic hydroxyl groups is 1. The topological polar surface area (TPSA) is 53.2 Å². The molecule has 0 aliphatic heterocycles. The van der Waals surface area contributed by atoms with Crippen LogP contribution in [0.4, 0.5) is 13.2 Å². The molecule has 3 nitrogen and oxygen atoms in total. The third-order valence-corrected chi connectivity index (χ3v) is 2.26. The van der Waals surface area contributed by atoms with Crippen LogP contribution in [-0.4, -0.2) is 11.5 Å². The summed E-state index contributed by atoms with van der Waals surface area (Å²) in [6.45, 7) is 1.60. The molecular weight excluding hydrogens is 235 g/mol. The second-order valence-electron chi connectivity index (χ2n) is 3.40. The Hall–Kier alpha value is -1.74. The zero-order chi connectivity index (χ0) is 13.1. The molecule has 1 rings (SSSR count). The predicted octanol–water partition coefficient (Wildman–Crippen LogP) is 2.71. The summed E-state index contributed by atoms with van der Waals surface area (Å²) in [7, 11) is 0. The molecule has 0 aliphatic carbocycles.